The SMILES string of the molecule is COC(=O)c1ccc(C(=O)C(C)CO)cc1. The van der Waals surface area contributed by atoms with Crippen molar-refractivity contribution < 1.29 is 19.4 Å². The highest BCUT2D eigenvalue weighted by Crippen LogP contribution is 2.10. The van der Waals surface area contributed by atoms with Crippen LogP contribution < -0.4 is 0 Å². The molecule has 1 atom stereocenters. The Morgan fingerprint density at radius 3 is 2.19 bits per heavy atom. The highest BCUT2D eigenvalue weighted by Gasteiger charge is 2.14. The summed E-state index contributed by atoms with van der Waals surface area (Å²) in [7, 11) is 1.30. The highest BCUT2D eigenvalue weighted by molar-refractivity contribution is 5.98. The van der Waals surface area contributed by atoms with Crippen molar-refractivity contribution in [2.75, 3.05) is 13.7 Å². The van der Waals surface area contributed by atoms with Crippen LogP contribution in [-0.4, -0.2) is 30.6 Å². The zero-order chi connectivity index (χ0) is 12.1. The number of aliphatic hydroxyl groups is 1. The van der Waals surface area contributed by atoms with E-state index in [0.717, 1.165) is 0 Å². The second-order valence-electron chi connectivity index (χ2n) is 3.52. The number of carbonyl (C=O) groups is 2. The van der Waals surface area contributed by atoms with Crippen LogP contribution in [0.5, 0.6) is 0 Å². The summed E-state index contributed by atoms with van der Waals surface area (Å²) in [6.07, 6.45) is 0. The number of benzene rings is 1. The summed E-state index contributed by atoms with van der Waals surface area (Å²) < 4.78 is 4.54. The molecule has 1 aromatic carbocycles. The van der Waals surface area contributed by atoms with E-state index in [2.05, 4.69) is 4.74 Å². The molecule has 0 radical (unpaired) electrons. The third-order valence-corrected chi connectivity index (χ3v) is 2.31. The van der Waals surface area contributed by atoms with Gasteiger partial charge in [0.2, 0.25) is 0 Å². The number of methoxy groups -OCH3 is 1. The molecule has 1 aromatic rings. The highest BCUT2D eigenvalue weighted by atomic mass is 16.5. The minimum atomic E-state index is -0.436. The molecule has 0 saturated carbocycles. The predicted molar refractivity (Wildman–Crippen MR) is 58.4 cm³/mol. The van der Waals surface area contributed by atoms with E-state index >= 15 is 0 Å². The summed E-state index contributed by atoms with van der Waals surface area (Å²) in [6.45, 7) is 1.47. The second-order valence-corrected chi connectivity index (χ2v) is 3.52. The molecule has 16 heavy (non-hydrogen) atoms. The maximum absolute atomic E-state index is 11.7. The van der Waals surface area contributed by atoms with Gasteiger partial charge in [0.25, 0.3) is 0 Å². The smallest absolute Gasteiger partial charge is 0.337 e. The van der Waals surface area contributed by atoms with Crippen molar-refractivity contribution in [3.05, 3.63) is 35.4 Å². The van der Waals surface area contributed by atoms with Crippen molar-refractivity contribution in [3.63, 3.8) is 0 Å². The molecule has 0 bridgehead atoms. The molecule has 0 spiro atoms. The van der Waals surface area contributed by atoms with Crippen LogP contribution in [0, 0.1) is 5.92 Å². The average molecular weight is 222 g/mol. The van der Waals surface area contributed by atoms with E-state index in [9.17, 15) is 9.59 Å². The van der Waals surface area contributed by atoms with Crippen molar-refractivity contribution in [3.8, 4) is 0 Å². The number of rotatable bonds is 4. The maximum Gasteiger partial charge on any atom is 0.337 e. The Hall–Kier alpha value is -1.68. The van der Waals surface area contributed by atoms with E-state index in [0.29, 0.717) is 11.1 Å². The third-order valence-electron chi connectivity index (χ3n) is 2.31. The summed E-state index contributed by atoms with van der Waals surface area (Å²) in [5, 5.41) is 8.85. The van der Waals surface area contributed by atoms with Gasteiger partial charge < -0.3 is 9.84 Å². The molecular weight excluding hydrogens is 208 g/mol. The normalized spacial score (nSPS) is 11.9. The maximum atomic E-state index is 11.7. The first kappa shape index (κ1) is 12.4. The number of Topliss-reactive ketones (excluding diaryl/α,β-unsaturated/α-hetero) is 1. The molecule has 4 nitrogen and oxygen atoms in total. The van der Waals surface area contributed by atoms with Gasteiger partial charge >= 0.3 is 5.97 Å². The number of ketones is 1. The fraction of sp³-hybridized carbons (Fsp3) is 0.333. The zero-order valence-electron chi connectivity index (χ0n) is 9.27. The van der Waals surface area contributed by atoms with Gasteiger partial charge in [0.15, 0.2) is 5.78 Å². The molecule has 0 aliphatic heterocycles. The lowest BCUT2D eigenvalue weighted by Gasteiger charge is -2.07. The molecule has 0 aromatic heterocycles. The van der Waals surface area contributed by atoms with Crippen molar-refractivity contribution in [1.82, 2.24) is 0 Å². The largest absolute Gasteiger partial charge is 0.465 e. The van der Waals surface area contributed by atoms with Crippen LogP contribution in [0.25, 0.3) is 0 Å². The van der Waals surface area contributed by atoms with E-state index in [1.807, 2.05) is 0 Å². The van der Waals surface area contributed by atoms with Crippen LogP contribution in [0.1, 0.15) is 27.6 Å². The Kier molecular flexibility index (Phi) is 4.19. The standard InChI is InChI=1S/C12H14O4/c1-8(7-13)11(14)9-3-5-10(6-4-9)12(15)16-2/h3-6,8,13H,7H2,1-2H3. The summed E-state index contributed by atoms with van der Waals surface area (Å²) in [5.74, 6) is -1.00. The van der Waals surface area contributed by atoms with Gasteiger partial charge in [-0.25, -0.2) is 4.79 Å². The number of hydrogen-bond donors (Lipinski definition) is 1. The van der Waals surface area contributed by atoms with Crippen LogP contribution in [0.15, 0.2) is 24.3 Å². The summed E-state index contributed by atoms with van der Waals surface area (Å²) in [4.78, 5) is 22.8. The van der Waals surface area contributed by atoms with Crippen LogP contribution in [-0.2, 0) is 4.74 Å². The number of ether oxygens (including phenoxy) is 1. The summed E-state index contributed by atoms with van der Waals surface area (Å²) >= 11 is 0. The molecule has 0 aliphatic rings. The Bertz CT molecular complexity index is 381. The molecule has 0 fully saturated rings. The van der Waals surface area contributed by atoms with Crippen molar-refractivity contribution >= 4 is 11.8 Å². The van der Waals surface area contributed by atoms with Gasteiger partial charge in [0.1, 0.15) is 0 Å². The fourth-order valence-electron chi connectivity index (χ4n) is 1.26. The van der Waals surface area contributed by atoms with Gasteiger partial charge in [0, 0.05) is 11.5 Å². The van der Waals surface area contributed by atoms with Crippen LogP contribution in [0.4, 0.5) is 0 Å². The first-order chi connectivity index (χ1) is 7.60. The monoisotopic (exact) mass is 222 g/mol. The van der Waals surface area contributed by atoms with Crippen LogP contribution in [0.2, 0.25) is 0 Å². The first-order valence-electron chi connectivity index (χ1n) is 4.93. The van der Waals surface area contributed by atoms with Gasteiger partial charge in [-0.1, -0.05) is 19.1 Å². The molecular formula is C12H14O4. The van der Waals surface area contributed by atoms with E-state index in [1.165, 1.54) is 19.2 Å². The van der Waals surface area contributed by atoms with Crippen molar-refractivity contribution in [1.29, 1.82) is 0 Å². The Morgan fingerprint density at radius 1 is 1.25 bits per heavy atom. The molecule has 1 rings (SSSR count). The summed E-state index contributed by atoms with van der Waals surface area (Å²) in [6, 6.07) is 6.17. The van der Waals surface area contributed by atoms with E-state index < -0.39 is 11.9 Å². The van der Waals surface area contributed by atoms with Gasteiger partial charge in [-0.05, 0) is 12.1 Å². The molecule has 1 unspecified atom stereocenters. The first-order valence-corrected chi connectivity index (χ1v) is 4.93. The van der Waals surface area contributed by atoms with Gasteiger partial charge in [-0.2, -0.15) is 0 Å². The molecule has 86 valence electrons. The number of hydrogen-bond acceptors (Lipinski definition) is 4. The van der Waals surface area contributed by atoms with Crippen LogP contribution in [0.3, 0.4) is 0 Å². The van der Waals surface area contributed by atoms with Crippen LogP contribution >= 0.6 is 0 Å². The minimum Gasteiger partial charge on any atom is -0.465 e. The molecule has 4 heteroatoms. The van der Waals surface area contributed by atoms with E-state index in [-0.39, 0.29) is 12.4 Å². The lowest BCUT2D eigenvalue weighted by molar-refractivity contribution is 0.0600. The lowest BCUT2D eigenvalue weighted by Crippen LogP contribution is -2.15. The molecule has 0 heterocycles. The number of esters is 1. The van der Waals surface area contributed by atoms with E-state index in [1.54, 1.807) is 19.1 Å². The van der Waals surface area contributed by atoms with Crippen molar-refractivity contribution in [2.24, 2.45) is 5.92 Å². The lowest BCUT2D eigenvalue weighted by atomic mass is 9.99. The van der Waals surface area contributed by atoms with Gasteiger partial charge in [-0.15, -0.1) is 0 Å². The average Bonchev–Trinajstić information content (AvgIpc) is 2.36. The fourth-order valence-corrected chi connectivity index (χ4v) is 1.26. The van der Waals surface area contributed by atoms with Gasteiger partial charge in [-0.3, -0.25) is 4.79 Å². The van der Waals surface area contributed by atoms with Crippen molar-refractivity contribution in [2.45, 2.75) is 6.92 Å². The minimum absolute atomic E-state index is 0.140. The molecule has 0 amide bonds. The second kappa shape index (κ2) is 5.42. The number of aliphatic hydroxyl groups excluding tert-OH is 1. The Balaban J connectivity index is 2.87. The molecule has 0 aliphatic carbocycles. The Morgan fingerprint density at radius 2 is 1.75 bits per heavy atom. The van der Waals surface area contributed by atoms with Gasteiger partial charge in [0.05, 0.1) is 19.3 Å². The number of carbonyl (C=O) groups excluding carboxylic acids is 2. The molecule has 1 N–H and O–H groups in total. The van der Waals surface area contributed by atoms with E-state index in [4.69, 9.17) is 5.11 Å². The zero-order valence-corrected chi connectivity index (χ0v) is 9.27. The predicted octanol–water partition coefficient (Wildman–Crippen LogP) is 1.28. The molecule has 0 saturated heterocycles. The quantitative estimate of drug-likeness (QED) is 0.615. The summed E-state index contributed by atoms with van der Waals surface area (Å²) in [5.41, 5.74) is 0.880. The Labute approximate surface area is 93.9 Å². The third kappa shape index (κ3) is 2.67. The topological polar surface area (TPSA) is 63.6 Å².